The molecule has 108 valence electrons. The third-order valence-corrected chi connectivity index (χ3v) is 4.30. The Balaban J connectivity index is 1.98. The highest BCUT2D eigenvalue weighted by molar-refractivity contribution is 5.88. The van der Waals surface area contributed by atoms with Crippen LogP contribution in [0.25, 0.3) is 0 Å². The third-order valence-electron chi connectivity index (χ3n) is 4.30. The average molecular weight is 268 g/mol. The van der Waals surface area contributed by atoms with Gasteiger partial charge in [0.05, 0.1) is 12.7 Å². The first-order chi connectivity index (χ1) is 8.80. The quantitative estimate of drug-likeness (QED) is 0.804. The van der Waals surface area contributed by atoms with Crippen LogP contribution in [-0.4, -0.2) is 42.5 Å². The van der Waals surface area contributed by atoms with Crippen LogP contribution in [0, 0.1) is 17.3 Å². The molecule has 1 aliphatic carbocycles. The number of ether oxygens (including phenoxy) is 1. The van der Waals surface area contributed by atoms with Crippen LogP contribution in [0.3, 0.4) is 0 Å². The van der Waals surface area contributed by atoms with E-state index in [1.807, 2.05) is 4.90 Å². The van der Waals surface area contributed by atoms with Crippen molar-refractivity contribution in [2.75, 3.05) is 19.7 Å². The zero-order chi connectivity index (χ0) is 14.2. The van der Waals surface area contributed by atoms with Gasteiger partial charge in [-0.3, -0.25) is 9.59 Å². The second-order valence-corrected chi connectivity index (χ2v) is 6.70. The normalized spacial score (nSPS) is 31.7. The SMILES string of the molecule is CC(C)(C)[C@@H]1CN(C(=O)[C@@H]2CC[C@@H]2C(N)=O)CCO1. The van der Waals surface area contributed by atoms with E-state index in [1.54, 1.807) is 0 Å². The number of carbonyl (C=O) groups excluding carboxylic acids is 2. The monoisotopic (exact) mass is 268 g/mol. The molecule has 0 unspecified atom stereocenters. The van der Waals surface area contributed by atoms with Crippen molar-refractivity contribution in [1.29, 1.82) is 0 Å². The number of rotatable bonds is 2. The molecule has 2 fully saturated rings. The fourth-order valence-corrected chi connectivity index (χ4v) is 2.74. The lowest BCUT2D eigenvalue weighted by atomic mass is 9.72. The standard InChI is InChI=1S/C14H24N2O3/c1-14(2,3)11-8-16(6-7-19-11)13(18)10-5-4-9(10)12(15)17/h9-11H,4-8H2,1-3H3,(H2,15,17)/t9-,10+,11-/m0/s1. The lowest BCUT2D eigenvalue weighted by Crippen LogP contribution is -2.54. The van der Waals surface area contributed by atoms with E-state index >= 15 is 0 Å². The zero-order valence-corrected chi connectivity index (χ0v) is 12.0. The van der Waals surface area contributed by atoms with E-state index in [4.69, 9.17) is 10.5 Å². The van der Waals surface area contributed by atoms with Gasteiger partial charge in [0, 0.05) is 24.9 Å². The number of morpholine rings is 1. The third kappa shape index (κ3) is 2.91. The van der Waals surface area contributed by atoms with E-state index in [-0.39, 0.29) is 35.2 Å². The number of amides is 2. The number of primary amides is 1. The molecule has 2 amide bonds. The first kappa shape index (κ1) is 14.3. The fraction of sp³-hybridized carbons (Fsp3) is 0.857. The molecule has 3 atom stereocenters. The Morgan fingerprint density at radius 2 is 1.84 bits per heavy atom. The van der Waals surface area contributed by atoms with Crippen molar-refractivity contribution in [2.24, 2.45) is 23.0 Å². The zero-order valence-electron chi connectivity index (χ0n) is 12.0. The van der Waals surface area contributed by atoms with E-state index in [0.29, 0.717) is 19.7 Å². The minimum atomic E-state index is -0.342. The summed E-state index contributed by atoms with van der Waals surface area (Å²) in [7, 11) is 0. The summed E-state index contributed by atoms with van der Waals surface area (Å²) >= 11 is 0. The Morgan fingerprint density at radius 1 is 1.21 bits per heavy atom. The number of nitrogens with zero attached hydrogens (tertiary/aromatic N) is 1. The van der Waals surface area contributed by atoms with Crippen molar-refractivity contribution < 1.29 is 14.3 Å². The summed E-state index contributed by atoms with van der Waals surface area (Å²) in [5, 5.41) is 0. The number of nitrogens with two attached hydrogens (primary N) is 1. The molecule has 1 heterocycles. The molecule has 0 aromatic rings. The molecule has 5 nitrogen and oxygen atoms in total. The molecule has 19 heavy (non-hydrogen) atoms. The number of carbonyl (C=O) groups is 2. The van der Waals surface area contributed by atoms with Gasteiger partial charge in [-0.15, -0.1) is 0 Å². The van der Waals surface area contributed by atoms with Gasteiger partial charge in [0.2, 0.25) is 11.8 Å². The van der Waals surface area contributed by atoms with Gasteiger partial charge in [-0.25, -0.2) is 0 Å². The minimum absolute atomic E-state index is 0.0155. The molecule has 2 aliphatic rings. The highest BCUT2D eigenvalue weighted by Gasteiger charge is 2.43. The van der Waals surface area contributed by atoms with E-state index in [9.17, 15) is 9.59 Å². The summed E-state index contributed by atoms with van der Waals surface area (Å²) < 4.78 is 5.74. The second kappa shape index (κ2) is 5.12. The van der Waals surface area contributed by atoms with Crippen molar-refractivity contribution in [2.45, 2.75) is 39.7 Å². The second-order valence-electron chi connectivity index (χ2n) is 6.70. The van der Waals surface area contributed by atoms with Crippen LogP contribution in [0.1, 0.15) is 33.6 Å². The smallest absolute Gasteiger partial charge is 0.226 e. The van der Waals surface area contributed by atoms with Crippen LogP contribution in [-0.2, 0) is 14.3 Å². The predicted molar refractivity (Wildman–Crippen MR) is 71.2 cm³/mol. The van der Waals surface area contributed by atoms with Crippen molar-refractivity contribution in [1.82, 2.24) is 4.90 Å². The van der Waals surface area contributed by atoms with Crippen molar-refractivity contribution in [3.05, 3.63) is 0 Å². The lowest BCUT2D eigenvalue weighted by molar-refractivity contribution is -0.156. The van der Waals surface area contributed by atoms with Crippen LogP contribution >= 0.6 is 0 Å². The molecule has 0 radical (unpaired) electrons. The van der Waals surface area contributed by atoms with Gasteiger partial charge in [0.1, 0.15) is 0 Å². The molecular weight excluding hydrogens is 244 g/mol. The van der Waals surface area contributed by atoms with E-state index < -0.39 is 0 Å². The molecule has 0 aromatic carbocycles. The minimum Gasteiger partial charge on any atom is -0.374 e. The first-order valence-electron chi connectivity index (χ1n) is 7.00. The largest absolute Gasteiger partial charge is 0.374 e. The van der Waals surface area contributed by atoms with E-state index in [1.165, 1.54) is 0 Å². The molecule has 2 rings (SSSR count). The molecule has 5 heteroatoms. The molecule has 1 saturated heterocycles. The molecular formula is C14H24N2O3. The van der Waals surface area contributed by atoms with Gasteiger partial charge in [-0.1, -0.05) is 20.8 Å². The van der Waals surface area contributed by atoms with Crippen LogP contribution in [0.15, 0.2) is 0 Å². The van der Waals surface area contributed by atoms with Crippen LogP contribution in [0.5, 0.6) is 0 Å². The summed E-state index contributed by atoms with van der Waals surface area (Å²) in [6.45, 7) is 8.14. The van der Waals surface area contributed by atoms with E-state index in [0.717, 1.165) is 12.8 Å². The molecule has 0 bridgehead atoms. The Kier molecular flexibility index (Phi) is 3.85. The van der Waals surface area contributed by atoms with Crippen molar-refractivity contribution >= 4 is 11.8 Å². The van der Waals surface area contributed by atoms with Crippen molar-refractivity contribution in [3.8, 4) is 0 Å². The Labute approximate surface area is 114 Å². The van der Waals surface area contributed by atoms with Crippen LogP contribution in [0.4, 0.5) is 0 Å². The summed E-state index contributed by atoms with van der Waals surface area (Å²) in [5.74, 6) is -0.725. The van der Waals surface area contributed by atoms with Gasteiger partial charge in [0.25, 0.3) is 0 Å². The average Bonchev–Trinajstić information content (AvgIpc) is 2.25. The fourth-order valence-electron chi connectivity index (χ4n) is 2.74. The van der Waals surface area contributed by atoms with Gasteiger partial charge in [0.15, 0.2) is 0 Å². The lowest BCUT2D eigenvalue weighted by Gasteiger charge is -2.43. The van der Waals surface area contributed by atoms with Crippen LogP contribution in [0.2, 0.25) is 0 Å². The summed E-state index contributed by atoms with van der Waals surface area (Å²) in [6, 6.07) is 0. The summed E-state index contributed by atoms with van der Waals surface area (Å²) in [5.41, 5.74) is 5.33. The summed E-state index contributed by atoms with van der Waals surface area (Å²) in [4.78, 5) is 25.5. The van der Waals surface area contributed by atoms with Gasteiger partial charge in [-0.05, 0) is 18.3 Å². The molecule has 1 saturated carbocycles. The Hall–Kier alpha value is -1.10. The molecule has 0 spiro atoms. The number of hydrogen-bond acceptors (Lipinski definition) is 3. The maximum Gasteiger partial charge on any atom is 0.226 e. The van der Waals surface area contributed by atoms with Gasteiger partial charge < -0.3 is 15.4 Å². The molecule has 2 N–H and O–H groups in total. The summed E-state index contributed by atoms with van der Waals surface area (Å²) in [6.07, 6.45) is 1.58. The molecule has 0 aromatic heterocycles. The van der Waals surface area contributed by atoms with Gasteiger partial charge in [-0.2, -0.15) is 0 Å². The maximum absolute atomic E-state index is 12.4. The number of hydrogen-bond donors (Lipinski definition) is 1. The van der Waals surface area contributed by atoms with Crippen LogP contribution < -0.4 is 5.73 Å². The topological polar surface area (TPSA) is 72.6 Å². The predicted octanol–water partition coefficient (Wildman–Crippen LogP) is 0.771. The van der Waals surface area contributed by atoms with E-state index in [2.05, 4.69) is 20.8 Å². The Bertz CT molecular complexity index is 375. The first-order valence-corrected chi connectivity index (χ1v) is 7.00. The maximum atomic E-state index is 12.4. The molecule has 1 aliphatic heterocycles. The Morgan fingerprint density at radius 3 is 2.32 bits per heavy atom. The van der Waals surface area contributed by atoms with Crippen molar-refractivity contribution in [3.63, 3.8) is 0 Å². The van der Waals surface area contributed by atoms with Gasteiger partial charge >= 0.3 is 0 Å². The highest BCUT2D eigenvalue weighted by Crippen LogP contribution is 2.36. The highest BCUT2D eigenvalue weighted by atomic mass is 16.5.